The minimum absolute atomic E-state index is 0.0379. The number of rotatable bonds is 3. The predicted octanol–water partition coefficient (Wildman–Crippen LogP) is 2.09. The van der Waals surface area contributed by atoms with Crippen molar-refractivity contribution in [2.75, 3.05) is 25.0 Å². The summed E-state index contributed by atoms with van der Waals surface area (Å²) in [5.74, 6) is 0.287. The SMILES string of the molecule is CC1CCN(CC(=O)Nc2ccc(Br)cc2)CC1O. The molecule has 1 aliphatic heterocycles. The molecule has 2 rings (SSSR count). The maximum absolute atomic E-state index is 11.9. The van der Waals surface area contributed by atoms with Crippen LogP contribution < -0.4 is 5.32 Å². The topological polar surface area (TPSA) is 52.6 Å². The van der Waals surface area contributed by atoms with Crippen LogP contribution in [0.5, 0.6) is 0 Å². The van der Waals surface area contributed by atoms with Crippen LogP contribution in [0.2, 0.25) is 0 Å². The number of aliphatic hydroxyl groups excluding tert-OH is 1. The van der Waals surface area contributed by atoms with Gasteiger partial charge in [-0.3, -0.25) is 9.69 Å². The quantitative estimate of drug-likeness (QED) is 0.894. The van der Waals surface area contributed by atoms with Crippen molar-refractivity contribution in [3.63, 3.8) is 0 Å². The number of aliphatic hydroxyl groups is 1. The van der Waals surface area contributed by atoms with Gasteiger partial charge in [0.25, 0.3) is 0 Å². The van der Waals surface area contributed by atoms with E-state index in [2.05, 4.69) is 21.2 Å². The van der Waals surface area contributed by atoms with E-state index in [-0.39, 0.29) is 12.0 Å². The van der Waals surface area contributed by atoms with Crippen molar-refractivity contribution in [2.45, 2.75) is 19.4 Å². The molecule has 0 bridgehead atoms. The number of carbonyl (C=O) groups excluding carboxylic acids is 1. The smallest absolute Gasteiger partial charge is 0.238 e. The number of hydrogen-bond acceptors (Lipinski definition) is 3. The Kier molecular flexibility index (Phi) is 4.96. The minimum atomic E-state index is -0.325. The molecule has 1 heterocycles. The Hall–Kier alpha value is -0.910. The second kappa shape index (κ2) is 6.50. The van der Waals surface area contributed by atoms with Crippen LogP contribution in [0.15, 0.2) is 28.7 Å². The molecule has 0 saturated carbocycles. The van der Waals surface area contributed by atoms with Crippen molar-refractivity contribution in [1.82, 2.24) is 4.90 Å². The van der Waals surface area contributed by atoms with Crippen LogP contribution in [0.1, 0.15) is 13.3 Å². The highest BCUT2D eigenvalue weighted by Gasteiger charge is 2.25. The first-order valence-corrected chi connectivity index (χ1v) is 7.30. The zero-order valence-electron chi connectivity index (χ0n) is 11.0. The first-order valence-electron chi connectivity index (χ1n) is 6.50. The Morgan fingerprint density at radius 3 is 2.79 bits per heavy atom. The molecule has 2 atom stereocenters. The van der Waals surface area contributed by atoms with Crippen LogP contribution in [0.25, 0.3) is 0 Å². The average Bonchev–Trinajstić information content (AvgIpc) is 2.37. The van der Waals surface area contributed by atoms with E-state index >= 15 is 0 Å². The summed E-state index contributed by atoms with van der Waals surface area (Å²) in [5.41, 5.74) is 0.791. The fraction of sp³-hybridized carbons (Fsp3) is 0.500. The Bertz CT molecular complexity index is 436. The first kappa shape index (κ1) is 14.5. The number of benzene rings is 1. The Morgan fingerprint density at radius 1 is 1.47 bits per heavy atom. The second-order valence-electron chi connectivity index (χ2n) is 5.12. The number of likely N-dealkylation sites (tertiary alicyclic amines) is 1. The van der Waals surface area contributed by atoms with Crippen molar-refractivity contribution in [1.29, 1.82) is 0 Å². The van der Waals surface area contributed by atoms with E-state index in [9.17, 15) is 9.90 Å². The fourth-order valence-electron chi connectivity index (χ4n) is 2.19. The van der Waals surface area contributed by atoms with Gasteiger partial charge >= 0.3 is 0 Å². The van der Waals surface area contributed by atoms with Crippen molar-refractivity contribution < 1.29 is 9.90 Å². The molecule has 1 fully saturated rings. The molecule has 4 nitrogen and oxygen atoms in total. The fourth-order valence-corrected chi connectivity index (χ4v) is 2.46. The van der Waals surface area contributed by atoms with E-state index in [1.165, 1.54) is 0 Å². The minimum Gasteiger partial charge on any atom is -0.392 e. The van der Waals surface area contributed by atoms with Crippen molar-refractivity contribution in [3.8, 4) is 0 Å². The van der Waals surface area contributed by atoms with Crippen molar-refractivity contribution in [2.24, 2.45) is 5.92 Å². The first-order chi connectivity index (χ1) is 9.04. The lowest BCUT2D eigenvalue weighted by molar-refractivity contribution is -0.118. The van der Waals surface area contributed by atoms with Crippen LogP contribution in [-0.4, -0.2) is 41.7 Å². The summed E-state index contributed by atoms with van der Waals surface area (Å²) in [6, 6.07) is 7.49. The summed E-state index contributed by atoms with van der Waals surface area (Å²) in [6.45, 7) is 3.82. The van der Waals surface area contributed by atoms with Crippen LogP contribution in [0.4, 0.5) is 5.69 Å². The summed E-state index contributed by atoms with van der Waals surface area (Å²) >= 11 is 3.35. The summed E-state index contributed by atoms with van der Waals surface area (Å²) in [4.78, 5) is 13.9. The number of anilines is 1. The molecule has 2 N–H and O–H groups in total. The number of hydrogen-bond donors (Lipinski definition) is 2. The van der Waals surface area contributed by atoms with Crippen molar-refractivity contribution >= 4 is 27.5 Å². The highest BCUT2D eigenvalue weighted by Crippen LogP contribution is 2.17. The lowest BCUT2D eigenvalue weighted by Crippen LogP contribution is -2.45. The van der Waals surface area contributed by atoms with Gasteiger partial charge in [0.1, 0.15) is 0 Å². The molecular formula is C14H19BrN2O2. The van der Waals surface area contributed by atoms with Gasteiger partial charge in [0.05, 0.1) is 12.6 Å². The monoisotopic (exact) mass is 326 g/mol. The van der Waals surface area contributed by atoms with Gasteiger partial charge in [-0.25, -0.2) is 0 Å². The van der Waals surface area contributed by atoms with Gasteiger partial charge in [-0.2, -0.15) is 0 Å². The second-order valence-corrected chi connectivity index (χ2v) is 6.04. The lowest BCUT2D eigenvalue weighted by Gasteiger charge is -2.33. The van der Waals surface area contributed by atoms with E-state index in [1.54, 1.807) is 0 Å². The highest BCUT2D eigenvalue weighted by atomic mass is 79.9. The third-order valence-electron chi connectivity index (χ3n) is 3.50. The van der Waals surface area contributed by atoms with E-state index in [4.69, 9.17) is 0 Å². The third kappa shape index (κ3) is 4.30. The number of halogens is 1. The van der Waals surface area contributed by atoms with E-state index in [0.717, 1.165) is 23.1 Å². The van der Waals surface area contributed by atoms with Crippen molar-refractivity contribution in [3.05, 3.63) is 28.7 Å². The Balaban J connectivity index is 1.83. The van der Waals surface area contributed by atoms with Gasteiger partial charge in [0, 0.05) is 16.7 Å². The highest BCUT2D eigenvalue weighted by molar-refractivity contribution is 9.10. The molecule has 104 valence electrons. The zero-order chi connectivity index (χ0) is 13.8. The number of nitrogens with zero attached hydrogens (tertiary/aromatic N) is 1. The Morgan fingerprint density at radius 2 is 2.16 bits per heavy atom. The largest absolute Gasteiger partial charge is 0.392 e. The Labute approximate surface area is 121 Å². The van der Waals surface area contributed by atoms with Gasteiger partial charge in [0.15, 0.2) is 0 Å². The molecule has 1 amide bonds. The molecule has 1 aromatic rings. The molecule has 1 aliphatic rings. The van der Waals surface area contributed by atoms with E-state index in [0.29, 0.717) is 19.0 Å². The summed E-state index contributed by atoms with van der Waals surface area (Å²) in [7, 11) is 0. The molecule has 0 radical (unpaired) electrons. The molecule has 0 aliphatic carbocycles. The third-order valence-corrected chi connectivity index (χ3v) is 4.03. The molecule has 0 spiro atoms. The van der Waals surface area contributed by atoms with Crippen LogP contribution in [0, 0.1) is 5.92 Å². The van der Waals surface area contributed by atoms with E-state index in [1.807, 2.05) is 36.1 Å². The molecule has 5 heteroatoms. The van der Waals surface area contributed by atoms with Gasteiger partial charge in [-0.05, 0) is 43.1 Å². The maximum Gasteiger partial charge on any atom is 0.238 e. The number of piperidine rings is 1. The summed E-state index contributed by atoms with van der Waals surface area (Å²) < 4.78 is 0.985. The van der Waals surface area contributed by atoms with Gasteiger partial charge in [-0.15, -0.1) is 0 Å². The van der Waals surface area contributed by atoms with Crippen LogP contribution in [-0.2, 0) is 4.79 Å². The normalized spacial score (nSPS) is 24.2. The van der Waals surface area contributed by atoms with E-state index < -0.39 is 0 Å². The van der Waals surface area contributed by atoms with Gasteiger partial charge < -0.3 is 10.4 Å². The molecule has 1 saturated heterocycles. The lowest BCUT2D eigenvalue weighted by atomic mass is 9.96. The molecular weight excluding hydrogens is 308 g/mol. The number of β-amino-alcohol motifs (C(OH)–C–C–N with tert-alkyl or cyclic N) is 1. The van der Waals surface area contributed by atoms with Crippen LogP contribution in [0.3, 0.4) is 0 Å². The van der Waals surface area contributed by atoms with Gasteiger partial charge in [0.2, 0.25) is 5.91 Å². The number of amides is 1. The zero-order valence-corrected chi connectivity index (χ0v) is 12.6. The molecule has 2 unspecified atom stereocenters. The van der Waals surface area contributed by atoms with Gasteiger partial charge in [-0.1, -0.05) is 22.9 Å². The number of carbonyl (C=O) groups is 1. The maximum atomic E-state index is 11.9. The number of nitrogens with one attached hydrogen (secondary N) is 1. The van der Waals surface area contributed by atoms with Crippen LogP contribution >= 0.6 is 15.9 Å². The molecule has 1 aromatic carbocycles. The summed E-state index contributed by atoms with van der Waals surface area (Å²) in [6.07, 6.45) is 0.612. The average molecular weight is 327 g/mol. The predicted molar refractivity (Wildman–Crippen MR) is 79.0 cm³/mol. The summed E-state index contributed by atoms with van der Waals surface area (Å²) in [5, 5.41) is 12.7. The molecule has 0 aromatic heterocycles. The molecule has 19 heavy (non-hydrogen) atoms. The standard InChI is InChI=1S/C14H19BrN2O2/c1-10-6-7-17(8-13(10)18)9-14(19)16-12-4-2-11(15)3-5-12/h2-5,10,13,18H,6-9H2,1H3,(H,16,19).